The van der Waals surface area contributed by atoms with E-state index in [1.807, 2.05) is 39.8 Å². The van der Waals surface area contributed by atoms with Crippen LogP contribution < -0.4 is 9.62 Å². The highest BCUT2D eigenvalue weighted by molar-refractivity contribution is 7.89. The number of amides is 1. The van der Waals surface area contributed by atoms with Crippen LogP contribution in [0.25, 0.3) is 0 Å². The highest BCUT2D eigenvalue weighted by Gasteiger charge is 2.26. The van der Waals surface area contributed by atoms with Gasteiger partial charge in [-0.25, -0.2) is 13.1 Å². The minimum Gasteiger partial charge on any atom is -0.312 e. The van der Waals surface area contributed by atoms with Gasteiger partial charge in [0.05, 0.1) is 4.90 Å². The SMILES string of the molecule is CCC(=O)N1CCc2cc(S(=O)(=O)NC(C)c3ccc(C)cc3C)ccc21. The fourth-order valence-electron chi connectivity index (χ4n) is 3.67. The first-order valence-electron chi connectivity index (χ1n) is 9.25. The van der Waals surface area contributed by atoms with Gasteiger partial charge in [-0.1, -0.05) is 30.7 Å². The molecule has 0 aliphatic carbocycles. The number of anilines is 1. The molecular formula is C21H26N2O3S. The van der Waals surface area contributed by atoms with Crippen LogP contribution in [0.5, 0.6) is 0 Å². The van der Waals surface area contributed by atoms with Crippen LogP contribution in [0.3, 0.4) is 0 Å². The largest absolute Gasteiger partial charge is 0.312 e. The minimum atomic E-state index is -3.65. The molecule has 5 nitrogen and oxygen atoms in total. The summed E-state index contributed by atoms with van der Waals surface area (Å²) in [7, 11) is -3.65. The van der Waals surface area contributed by atoms with Crippen LogP contribution in [0.2, 0.25) is 0 Å². The highest BCUT2D eigenvalue weighted by atomic mass is 32.2. The van der Waals surface area contributed by atoms with E-state index in [1.54, 1.807) is 23.1 Å². The molecule has 1 atom stereocenters. The predicted molar refractivity (Wildman–Crippen MR) is 107 cm³/mol. The molecule has 2 aromatic rings. The lowest BCUT2D eigenvalue weighted by molar-refractivity contribution is -0.118. The van der Waals surface area contributed by atoms with Crippen molar-refractivity contribution in [3.05, 3.63) is 58.7 Å². The lowest BCUT2D eigenvalue weighted by atomic mass is 10.0. The monoisotopic (exact) mass is 386 g/mol. The first-order valence-corrected chi connectivity index (χ1v) is 10.7. The number of benzene rings is 2. The van der Waals surface area contributed by atoms with Crippen LogP contribution in [-0.4, -0.2) is 20.9 Å². The molecule has 27 heavy (non-hydrogen) atoms. The Morgan fingerprint density at radius 3 is 2.59 bits per heavy atom. The van der Waals surface area contributed by atoms with E-state index in [9.17, 15) is 13.2 Å². The molecule has 1 aliphatic rings. The lowest BCUT2D eigenvalue weighted by Crippen LogP contribution is -2.28. The van der Waals surface area contributed by atoms with Gasteiger partial charge in [0.25, 0.3) is 0 Å². The van der Waals surface area contributed by atoms with Gasteiger partial charge in [-0.15, -0.1) is 0 Å². The molecule has 6 heteroatoms. The Labute approximate surface area is 161 Å². The maximum Gasteiger partial charge on any atom is 0.241 e. The van der Waals surface area contributed by atoms with Crippen LogP contribution in [0.15, 0.2) is 41.3 Å². The average Bonchev–Trinajstić information content (AvgIpc) is 3.03. The van der Waals surface area contributed by atoms with Crippen molar-refractivity contribution in [3.63, 3.8) is 0 Å². The predicted octanol–water partition coefficient (Wildman–Crippen LogP) is 3.64. The molecule has 0 saturated carbocycles. The second-order valence-electron chi connectivity index (χ2n) is 7.14. The van der Waals surface area contributed by atoms with Crippen molar-refractivity contribution in [2.75, 3.05) is 11.4 Å². The summed E-state index contributed by atoms with van der Waals surface area (Å²) in [4.78, 5) is 14.0. The number of rotatable bonds is 5. The van der Waals surface area contributed by atoms with Crippen molar-refractivity contribution in [3.8, 4) is 0 Å². The number of carbonyl (C=O) groups is 1. The van der Waals surface area contributed by atoms with Crippen molar-refractivity contribution in [1.82, 2.24) is 4.72 Å². The molecule has 0 radical (unpaired) electrons. The van der Waals surface area contributed by atoms with E-state index in [1.165, 1.54) is 0 Å². The number of nitrogens with one attached hydrogen (secondary N) is 1. The maximum atomic E-state index is 12.9. The van der Waals surface area contributed by atoms with E-state index in [0.717, 1.165) is 27.9 Å². The molecule has 144 valence electrons. The van der Waals surface area contributed by atoms with Gasteiger partial charge in [0.15, 0.2) is 0 Å². The average molecular weight is 387 g/mol. The number of aryl methyl sites for hydroxylation is 2. The van der Waals surface area contributed by atoms with Gasteiger partial charge in [-0.2, -0.15) is 0 Å². The third-order valence-electron chi connectivity index (χ3n) is 5.08. The van der Waals surface area contributed by atoms with Crippen LogP contribution in [-0.2, 0) is 21.2 Å². The number of carbonyl (C=O) groups excluding carboxylic acids is 1. The normalized spacial score (nSPS) is 14.9. The summed E-state index contributed by atoms with van der Waals surface area (Å²) in [6.07, 6.45) is 1.12. The highest BCUT2D eigenvalue weighted by Crippen LogP contribution is 2.31. The zero-order valence-corrected chi connectivity index (χ0v) is 17.1. The zero-order chi connectivity index (χ0) is 19.8. The molecule has 2 aromatic carbocycles. The molecule has 0 saturated heterocycles. The molecule has 1 N–H and O–H groups in total. The Balaban J connectivity index is 1.84. The van der Waals surface area contributed by atoms with Gasteiger partial charge < -0.3 is 4.90 Å². The summed E-state index contributed by atoms with van der Waals surface area (Å²) in [5.74, 6) is 0.0611. The summed E-state index contributed by atoms with van der Waals surface area (Å²) >= 11 is 0. The maximum absolute atomic E-state index is 12.9. The molecule has 1 amide bonds. The molecule has 0 aromatic heterocycles. The molecule has 1 heterocycles. The van der Waals surface area contributed by atoms with Crippen molar-refractivity contribution < 1.29 is 13.2 Å². The molecule has 3 rings (SSSR count). The Morgan fingerprint density at radius 1 is 1.19 bits per heavy atom. The molecule has 1 unspecified atom stereocenters. The van der Waals surface area contributed by atoms with E-state index >= 15 is 0 Å². The van der Waals surface area contributed by atoms with Crippen LogP contribution in [0.1, 0.15) is 48.6 Å². The van der Waals surface area contributed by atoms with E-state index in [4.69, 9.17) is 0 Å². The van der Waals surface area contributed by atoms with Gasteiger partial charge in [0, 0.05) is 24.7 Å². The van der Waals surface area contributed by atoms with Crippen molar-refractivity contribution in [1.29, 1.82) is 0 Å². The lowest BCUT2D eigenvalue weighted by Gasteiger charge is -2.19. The van der Waals surface area contributed by atoms with E-state index < -0.39 is 10.0 Å². The smallest absolute Gasteiger partial charge is 0.241 e. The number of sulfonamides is 1. The van der Waals surface area contributed by atoms with Crippen molar-refractivity contribution >= 4 is 21.6 Å². The second-order valence-corrected chi connectivity index (χ2v) is 8.86. The first kappa shape index (κ1) is 19.6. The van der Waals surface area contributed by atoms with E-state index in [-0.39, 0.29) is 16.8 Å². The third-order valence-corrected chi connectivity index (χ3v) is 6.62. The van der Waals surface area contributed by atoms with Crippen molar-refractivity contribution in [2.24, 2.45) is 0 Å². The molecule has 0 spiro atoms. The van der Waals surface area contributed by atoms with Gasteiger partial charge in [-0.3, -0.25) is 4.79 Å². The van der Waals surface area contributed by atoms with E-state index in [2.05, 4.69) is 10.8 Å². The second kappa shape index (κ2) is 7.44. The number of hydrogen-bond donors (Lipinski definition) is 1. The van der Waals surface area contributed by atoms with Crippen LogP contribution >= 0.6 is 0 Å². The number of nitrogens with zero attached hydrogens (tertiary/aromatic N) is 1. The Hall–Kier alpha value is -2.18. The summed E-state index contributed by atoms with van der Waals surface area (Å²) < 4.78 is 28.5. The fraction of sp³-hybridized carbons (Fsp3) is 0.381. The van der Waals surface area contributed by atoms with Crippen LogP contribution in [0, 0.1) is 13.8 Å². The quantitative estimate of drug-likeness (QED) is 0.853. The summed E-state index contributed by atoms with van der Waals surface area (Å²) in [6, 6.07) is 10.7. The Bertz CT molecular complexity index is 983. The summed E-state index contributed by atoms with van der Waals surface area (Å²) in [6.45, 7) is 8.30. The molecular weight excluding hydrogens is 360 g/mol. The zero-order valence-electron chi connectivity index (χ0n) is 16.2. The standard InChI is InChI=1S/C21H26N2O3S/c1-5-21(24)23-11-10-17-13-18(7-9-20(17)23)27(25,26)22-16(4)19-8-6-14(2)12-15(19)3/h6-9,12-13,16,22H,5,10-11H2,1-4H3. The van der Waals surface area contributed by atoms with E-state index in [0.29, 0.717) is 19.4 Å². The van der Waals surface area contributed by atoms with Crippen LogP contribution in [0.4, 0.5) is 5.69 Å². The Kier molecular flexibility index (Phi) is 5.40. The van der Waals surface area contributed by atoms with Gasteiger partial charge in [-0.05, 0) is 62.1 Å². The fourth-order valence-corrected chi connectivity index (χ4v) is 4.94. The topological polar surface area (TPSA) is 66.5 Å². The molecule has 0 bridgehead atoms. The number of hydrogen-bond acceptors (Lipinski definition) is 3. The Morgan fingerprint density at radius 2 is 1.93 bits per heavy atom. The van der Waals surface area contributed by atoms with Gasteiger partial charge in [0.1, 0.15) is 0 Å². The summed E-state index contributed by atoms with van der Waals surface area (Å²) in [5, 5.41) is 0. The summed E-state index contributed by atoms with van der Waals surface area (Å²) in [5.41, 5.74) is 4.90. The minimum absolute atomic E-state index is 0.0611. The van der Waals surface area contributed by atoms with Gasteiger partial charge in [0.2, 0.25) is 15.9 Å². The first-order chi connectivity index (χ1) is 12.7. The third kappa shape index (κ3) is 3.92. The number of fused-ring (bicyclic) bond motifs is 1. The molecule has 1 aliphatic heterocycles. The van der Waals surface area contributed by atoms with Crippen molar-refractivity contribution in [2.45, 2.75) is 51.5 Å². The van der Waals surface area contributed by atoms with Gasteiger partial charge >= 0.3 is 0 Å². The molecule has 0 fully saturated rings.